The van der Waals surface area contributed by atoms with Crippen molar-refractivity contribution in [2.45, 2.75) is 19.4 Å². The summed E-state index contributed by atoms with van der Waals surface area (Å²) in [6.45, 7) is 1.25. The van der Waals surface area contributed by atoms with Crippen LogP contribution in [0.3, 0.4) is 0 Å². The van der Waals surface area contributed by atoms with E-state index in [0.29, 0.717) is 19.5 Å². The molecule has 0 bridgehead atoms. The number of methoxy groups -OCH3 is 1. The van der Waals surface area contributed by atoms with Crippen molar-refractivity contribution in [1.29, 1.82) is 0 Å². The third kappa shape index (κ3) is 3.74. The average molecular weight is 323 g/mol. The molecular weight excluding hydrogens is 302 g/mol. The van der Waals surface area contributed by atoms with E-state index in [2.05, 4.69) is 14.9 Å². The Morgan fingerprint density at radius 3 is 2.92 bits per heavy atom. The minimum atomic E-state index is 0.0516. The summed E-state index contributed by atoms with van der Waals surface area (Å²) in [5.74, 6) is 0.904. The second kappa shape index (κ2) is 7.64. The van der Waals surface area contributed by atoms with E-state index in [0.717, 1.165) is 28.8 Å². The van der Waals surface area contributed by atoms with Crippen LogP contribution < -0.4 is 10.1 Å². The Balaban J connectivity index is 1.51. The maximum absolute atomic E-state index is 12.0. The Labute approximate surface area is 141 Å². The highest BCUT2D eigenvalue weighted by molar-refractivity contribution is 5.86. The molecule has 0 saturated heterocycles. The number of carbonyl (C=O) groups is 1. The number of nitrogens with zero attached hydrogens (tertiary/aromatic N) is 2. The Morgan fingerprint density at radius 2 is 2.12 bits per heavy atom. The number of fused-ring (bicyclic) bond motifs is 1. The van der Waals surface area contributed by atoms with Gasteiger partial charge in [-0.1, -0.05) is 12.1 Å². The molecule has 0 aliphatic carbocycles. The number of nitrogens with one attached hydrogen (secondary N) is 1. The first-order chi connectivity index (χ1) is 11.8. The van der Waals surface area contributed by atoms with Crippen LogP contribution in [0.15, 0.2) is 54.9 Å². The minimum absolute atomic E-state index is 0.0516. The molecule has 0 spiro atoms. The number of hydrogen-bond acceptors (Lipinski definition) is 3. The predicted molar refractivity (Wildman–Crippen MR) is 94.1 cm³/mol. The van der Waals surface area contributed by atoms with Gasteiger partial charge in [0, 0.05) is 49.4 Å². The molecule has 0 saturated carbocycles. The van der Waals surface area contributed by atoms with Crippen molar-refractivity contribution in [2.24, 2.45) is 0 Å². The van der Waals surface area contributed by atoms with Gasteiger partial charge in [-0.25, -0.2) is 0 Å². The van der Waals surface area contributed by atoms with Gasteiger partial charge in [-0.2, -0.15) is 0 Å². The zero-order valence-electron chi connectivity index (χ0n) is 13.7. The SMILES string of the molecule is COc1cccc2c1ccn2CCC(=O)NCCc1ccccn1. The number of aryl methyl sites for hydroxylation is 1. The highest BCUT2D eigenvalue weighted by Crippen LogP contribution is 2.26. The van der Waals surface area contributed by atoms with Gasteiger partial charge in [0.15, 0.2) is 0 Å². The normalized spacial score (nSPS) is 10.7. The van der Waals surface area contributed by atoms with Crippen molar-refractivity contribution in [2.75, 3.05) is 13.7 Å². The van der Waals surface area contributed by atoms with Crippen LogP contribution in [0.5, 0.6) is 5.75 Å². The number of carbonyl (C=O) groups excluding carboxylic acids is 1. The van der Waals surface area contributed by atoms with Crippen molar-refractivity contribution >= 4 is 16.8 Å². The summed E-state index contributed by atoms with van der Waals surface area (Å²) in [5, 5.41) is 4.01. The first kappa shape index (κ1) is 16.1. The fourth-order valence-electron chi connectivity index (χ4n) is 2.75. The third-order valence-corrected chi connectivity index (χ3v) is 4.00. The molecule has 1 amide bonds. The van der Waals surface area contributed by atoms with Gasteiger partial charge in [0.2, 0.25) is 5.91 Å². The van der Waals surface area contributed by atoms with Crippen LogP contribution in [0.4, 0.5) is 0 Å². The summed E-state index contributed by atoms with van der Waals surface area (Å²) in [7, 11) is 1.67. The Hall–Kier alpha value is -2.82. The first-order valence-electron chi connectivity index (χ1n) is 8.06. The molecular formula is C19H21N3O2. The van der Waals surface area contributed by atoms with Gasteiger partial charge in [0.05, 0.1) is 12.6 Å². The van der Waals surface area contributed by atoms with Crippen LogP contribution in [-0.2, 0) is 17.8 Å². The number of ether oxygens (including phenoxy) is 1. The molecule has 3 aromatic rings. The summed E-state index contributed by atoms with van der Waals surface area (Å²) in [6.07, 6.45) is 4.95. The predicted octanol–water partition coefficient (Wildman–Crippen LogP) is 2.79. The maximum atomic E-state index is 12.0. The van der Waals surface area contributed by atoms with Crippen LogP contribution in [-0.4, -0.2) is 29.1 Å². The standard InChI is InChI=1S/C19H21N3O2/c1-24-18-7-4-6-17-16(18)9-13-22(17)14-10-19(23)21-12-8-15-5-2-3-11-20-15/h2-7,9,11,13H,8,10,12,14H2,1H3,(H,21,23). The molecule has 1 N–H and O–H groups in total. The molecule has 2 heterocycles. The van der Waals surface area contributed by atoms with Gasteiger partial charge >= 0.3 is 0 Å². The van der Waals surface area contributed by atoms with E-state index < -0.39 is 0 Å². The lowest BCUT2D eigenvalue weighted by molar-refractivity contribution is -0.121. The van der Waals surface area contributed by atoms with Crippen LogP contribution in [0.1, 0.15) is 12.1 Å². The van der Waals surface area contributed by atoms with Gasteiger partial charge in [-0.15, -0.1) is 0 Å². The summed E-state index contributed by atoms with van der Waals surface area (Å²) in [4.78, 5) is 16.3. The number of rotatable bonds is 7. The zero-order chi connectivity index (χ0) is 16.8. The molecule has 0 aliphatic rings. The molecule has 124 valence electrons. The van der Waals surface area contributed by atoms with Crippen LogP contribution in [0.2, 0.25) is 0 Å². The topological polar surface area (TPSA) is 56.1 Å². The molecule has 24 heavy (non-hydrogen) atoms. The molecule has 5 nitrogen and oxygen atoms in total. The van der Waals surface area contributed by atoms with Crippen LogP contribution in [0, 0.1) is 0 Å². The van der Waals surface area contributed by atoms with E-state index in [-0.39, 0.29) is 5.91 Å². The minimum Gasteiger partial charge on any atom is -0.496 e. The third-order valence-electron chi connectivity index (χ3n) is 4.00. The highest BCUT2D eigenvalue weighted by Gasteiger charge is 2.07. The molecule has 3 rings (SSSR count). The monoisotopic (exact) mass is 323 g/mol. The van der Waals surface area contributed by atoms with Crippen molar-refractivity contribution in [1.82, 2.24) is 14.9 Å². The number of hydrogen-bond donors (Lipinski definition) is 1. The summed E-state index contributed by atoms with van der Waals surface area (Å²) < 4.78 is 7.44. The first-order valence-corrected chi connectivity index (χ1v) is 8.06. The lowest BCUT2D eigenvalue weighted by Crippen LogP contribution is -2.26. The van der Waals surface area contributed by atoms with E-state index in [4.69, 9.17) is 4.74 Å². The van der Waals surface area contributed by atoms with Gasteiger partial charge in [0.25, 0.3) is 0 Å². The average Bonchev–Trinajstić information content (AvgIpc) is 3.04. The number of pyridine rings is 1. The van der Waals surface area contributed by atoms with Crippen molar-refractivity contribution in [3.63, 3.8) is 0 Å². The van der Waals surface area contributed by atoms with E-state index in [9.17, 15) is 4.79 Å². The van der Waals surface area contributed by atoms with Crippen molar-refractivity contribution in [3.05, 3.63) is 60.6 Å². The van der Waals surface area contributed by atoms with Gasteiger partial charge in [-0.3, -0.25) is 9.78 Å². The largest absolute Gasteiger partial charge is 0.496 e. The zero-order valence-corrected chi connectivity index (χ0v) is 13.7. The van der Waals surface area contributed by atoms with E-state index in [1.54, 1.807) is 13.3 Å². The van der Waals surface area contributed by atoms with Gasteiger partial charge in [0.1, 0.15) is 5.75 Å². The second-order valence-corrected chi connectivity index (χ2v) is 5.57. The molecule has 1 aromatic carbocycles. The fourth-order valence-corrected chi connectivity index (χ4v) is 2.75. The van der Waals surface area contributed by atoms with Crippen LogP contribution >= 0.6 is 0 Å². The van der Waals surface area contributed by atoms with E-state index >= 15 is 0 Å². The molecule has 0 radical (unpaired) electrons. The quantitative estimate of drug-likeness (QED) is 0.727. The summed E-state index contributed by atoms with van der Waals surface area (Å²) in [5.41, 5.74) is 2.07. The number of benzene rings is 1. The molecule has 0 fully saturated rings. The second-order valence-electron chi connectivity index (χ2n) is 5.57. The molecule has 0 atom stereocenters. The van der Waals surface area contributed by atoms with Crippen molar-refractivity contribution in [3.8, 4) is 5.75 Å². The molecule has 5 heteroatoms. The lowest BCUT2D eigenvalue weighted by atomic mass is 10.2. The molecule has 0 aliphatic heterocycles. The fraction of sp³-hybridized carbons (Fsp3) is 0.263. The van der Waals surface area contributed by atoms with E-state index in [1.165, 1.54) is 0 Å². The summed E-state index contributed by atoms with van der Waals surface area (Å²) in [6, 6.07) is 13.8. The Kier molecular flexibility index (Phi) is 5.11. The van der Waals surface area contributed by atoms with Crippen LogP contribution in [0.25, 0.3) is 10.9 Å². The summed E-state index contributed by atoms with van der Waals surface area (Å²) >= 11 is 0. The van der Waals surface area contributed by atoms with Gasteiger partial charge < -0.3 is 14.6 Å². The van der Waals surface area contributed by atoms with E-state index in [1.807, 2.05) is 48.7 Å². The molecule has 0 unspecified atom stereocenters. The maximum Gasteiger partial charge on any atom is 0.221 e. The number of aromatic nitrogens is 2. The molecule has 2 aromatic heterocycles. The smallest absolute Gasteiger partial charge is 0.221 e. The number of amides is 1. The highest BCUT2D eigenvalue weighted by atomic mass is 16.5. The Bertz CT molecular complexity index is 812. The Morgan fingerprint density at radius 1 is 1.21 bits per heavy atom. The lowest BCUT2D eigenvalue weighted by Gasteiger charge is -2.08. The van der Waals surface area contributed by atoms with Gasteiger partial charge in [-0.05, 0) is 30.3 Å². The van der Waals surface area contributed by atoms with Crippen molar-refractivity contribution < 1.29 is 9.53 Å².